The molecule has 0 heterocycles. The van der Waals surface area contributed by atoms with Crippen LogP contribution in [0.5, 0.6) is 0 Å². The molecular weight excluding hydrogens is 369 g/mol. The average Bonchev–Trinajstić information content (AvgIpc) is 2.42. The number of carbonyl (C=O) groups excluding carboxylic acids is 2. The van der Waals surface area contributed by atoms with E-state index in [9.17, 15) is 14.7 Å². The maximum absolute atomic E-state index is 12.2. The van der Waals surface area contributed by atoms with Crippen molar-refractivity contribution < 1.29 is 14.7 Å². The Bertz CT molecular complexity index is 683. The van der Waals surface area contributed by atoms with Gasteiger partial charge in [-0.1, -0.05) is 24.3 Å². The molecule has 0 fully saturated rings. The van der Waals surface area contributed by atoms with Crippen LogP contribution in [0, 0.1) is 10.5 Å². The van der Waals surface area contributed by atoms with Crippen LogP contribution >= 0.6 is 22.6 Å². The van der Waals surface area contributed by atoms with E-state index in [-0.39, 0.29) is 11.1 Å². The van der Waals surface area contributed by atoms with Gasteiger partial charge in [0.1, 0.15) is 0 Å². The normalized spacial score (nSPS) is 10.1. The van der Waals surface area contributed by atoms with Gasteiger partial charge in [0.05, 0.1) is 5.97 Å². The Morgan fingerprint density at radius 1 is 1.10 bits per heavy atom. The van der Waals surface area contributed by atoms with Crippen LogP contribution in [-0.2, 0) is 0 Å². The summed E-state index contributed by atoms with van der Waals surface area (Å²) in [4.78, 5) is 23.2. The maximum atomic E-state index is 12.2. The van der Waals surface area contributed by atoms with Crippen LogP contribution in [0.15, 0.2) is 42.5 Å². The van der Waals surface area contributed by atoms with Crippen LogP contribution in [0.3, 0.4) is 0 Å². The van der Waals surface area contributed by atoms with Gasteiger partial charge in [0.2, 0.25) is 0 Å². The van der Waals surface area contributed by atoms with Gasteiger partial charge >= 0.3 is 0 Å². The van der Waals surface area contributed by atoms with E-state index >= 15 is 0 Å². The van der Waals surface area contributed by atoms with Gasteiger partial charge in [-0.05, 0) is 53.3 Å². The summed E-state index contributed by atoms with van der Waals surface area (Å²) in [5.74, 6) is -1.83. The molecule has 0 aliphatic heterocycles. The van der Waals surface area contributed by atoms with Gasteiger partial charge in [-0.25, -0.2) is 0 Å². The van der Waals surface area contributed by atoms with Crippen LogP contribution in [0.2, 0.25) is 0 Å². The average molecular weight is 380 g/mol. The number of anilines is 1. The number of hydrogen-bond acceptors (Lipinski definition) is 3. The number of nitrogens with one attached hydrogen (secondary N) is 1. The zero-order valence-corrected chi connectivity index (χ0v) is 12.8. The molecular formula is C15H11INO3-. The number of amides is 1. The van der Waals surface area contributed by atoms with Crippen molar-refractivity contribution in [3.8, 4) is 0 Å². The molecule has 0 spiro atoms. The highest BCUT2D eigenvalue weighted by atomic mass is 127. The van der Waals surface area contributed by atoms with Gasteiger partial charge in [-0.15, -0.1) is 0 Å². The molecule has 2 aromatic carbocycles. The molecule has 2 rings (SSSR count). The Morgan fingerprint density at radius 2 is 1.75 bits per heavy atom. The van der Waals surface area contributed by atoms with Gasteiger partial charge in [0.25, 0.3) is 5.91 Å². The smallest absolute Gasteiger partial charge is 0.256 e. The Labute approximate surface area is 130 Å². The summed E-state index contributed by atoms with van der Waals surface area (Å²) in [7, 11) is 0. The van der Waals surface area contributed by atoms with Crippen LogP contribution in [0.1, 0.15) is 26.3 Å². The number of carbonyl (C=O) groups is 2. The third-order valence-corrected chi connectivity index (χ3v) is 3.51. The number of halogens is 1. The van der Waals surface area contributed by atoms with Gasteiger partial charge in [-0.3, -0.25) is 4.79 Å². The number of rotatable bonds is 3. The molecule has 0 saturated carbocycles. The van der Waals surface area contributed by atoms with E-state index in [4.69, 9.17) is 0 Å². The molecule has 0 saturated heterocycles. The number of benzene rings is 2. The van der Waals surface area contributed by atoms with Crippen molar-refractivity contribution >= 4 is 40.2 Å². The molecule has 0 bridgehead atoms. The highest BCUT2D eigenvalue weighted by Crippen LogP contribution is 2.19. The van der Waals surface area contributed by atoms with Crippen molar-refractivity contribution in [1.29, 1.82) is 0 Å². The second kappa shape index (κ2) is 6.04. The van der Waals surface area contributed by atoms with Crippen molar-refractivity contribution in [2.24, 2.45) is 0 Å². The molecule has 20 heavy (non-hydrogen) atoms. The lowest BCUT2D eigenvalue weighted by molar-refractivity contribution is -0.255. The summed E-state index contributed by atoms with van der Waals surface area (Å²) in [6.07, 6.45) is 0. The molecule has 1 N–H and O–H groups in total. The second-order valence-corrected chi connectivity index (χ2v) is 5.49. The van der Waals surface area contributed by atoms with E-state index in [2.05, 4.69) is 27.9 Å². The van der Waals surface area contributed by atoms with Crippen molar-refractivity contribution in [3.05, 3.63) is 62.7 Å². The number of carboxylic acids is 1. The fourth-order valence-electron chi connectivity index (χ4n) is 1.78. The van der Waals surface area contributed by atoms with Crippen LogP contribution in [0.4, 0.5) is 5.69 Å². The molecule has 0 radical (unpaired) electrons. The monoisotopic (exact) mass is 380 g/mol. The second-order valence-electron chi connectivity index (χ2n) is 4.25. The molecule has 1 amide bonds. The first-order valence-electron chi connectivity index (χ1n) is 5.87. The summed E-state index contributed by atoms with van der Waals surface area (Å²) >= 11 is 2.15. The van der Waals surface area contributed by atoms with Gasteiger partial charge in [-0.2, -0.15) is 0 Å². The summed E-state index contributed by atoms with van der Waals surface area (Å²) in [6.45, 7) is 1.87. The van der Waals surface area contributed by atoms with E-state index in [1.54, 1.807) is 12.1 Å². The quantitative estimate of drug-likeness (QED) is 0.831. The molecule has 102 valence electrons. The summed E-state index contributed by atoms with van der Waals surface area (Å²) < 4.78 is 0.983. The highest BCUT2D eigenvalue weighted by Gasteiger charge is 2.12. The minimum Gasteiger partial charge on any atom is -0.545 e. The van der Waals surface area contributed by atoms with Crippen molar-refractivity contribution in [1.82, 2.24) is 0 Å². The van der Waals surface area contributed by atoms with Crippen LogP contribution < -0.4 is 10.4 Å². The fourth-order valence-corrected chi connectivity index (χ4v) is 2.27. The molecule has 4 nitrogen and oxygen atoms in total. The minimum atomic E-state index is -1.37. The Kier molecular flexibility index (Phi) is 4.39. The first kappa shape index (κ1) is 14.5. The lowest BCUT2D eigenvalue weighted by Gasteiger charge is -2.12. The number of carboxylic acid groups (broad SMARTS) is 1. The third kappa shape index (κ3) is 3.16. The topological polar surface area (TPSA) is 69.2 Å². The van der Waals surface area contributed by atoms with E-state index < -0.39 is 11.9 Å². The molecule has 0 aromatic heterocycles. The Hall–Kier alpha value is -1.89. The highest BCUT2D eigenvalue weighted by molar-refractivity contribution is 14.1. The molecule has 5 heteroatoms. The van der Waals surface area contributed by atoms with Crippen molar-refractivity contribution in [3.63, 3.8) is 0 Å². The molecule has 0 aliphatic carbocycles. The van der Waals surface area contributed by atoms with E-state index in [1.165, 1.54) is 12.1 Å². The summed E-state index contributed by atoms with van der Waals surface area (Å²) in [6, 6.07) is 11.6. The van der Waals surface area contributed by atoms with Crippen molar-refractivity contribution in [2.75, 3.05) is 5.32 Å². The summed E-state index contributed by atoms with van der Waals surface area (Å²) in [5, 5.41) is 13.7. The molecule has 2 aromatic rings. The lowest BCUT2D eigenvalue weighted by Crippen LogP contribution is -2.26. The Morgan fingerprint density at radius 3 is 2.40 bits per heavy atom. The largest absolute Gasteiger partial charge is 0.545 e. The van der Waals surface area contributed by atoms with Gasteiger partial charge in [0.15, 0.2) is 0 Å². The van der Waals surface area contributed by atoms with Gasteiger partial charge in [0, 0.05) is 20.4 Å². The van der Waals surface area contributed by atoms with E-state index in [0.717, 1.165) is 9.13 Å². The maximum Gasteiger partial charge on any atom is 0.256 e. The number of hydrogen-bond donors (Lipinski definition) is 1. The van der Waals surface area contributed by atoms with E-state index in [0.29, 0.717) is 5.69 Å². The summed E-state index contributed by atoms with van der Waals surface area (Å²) in [5.41, 5.74) is 1.54. The first-order valence-corrected chi connectivity index (χ1v) is 6.95. The zero-order chi connectivity index (χ0) is 14.7. The zero-order valence-electron chi connectivity index (χ0n) is 10.6. The van der Waals surface area contributed by atoms with Crippen LogP contribution in [-0.4, -0.2) is 11.9 Å². The predicted molar refractivity (Wildman–Crippen MR) is 82.6 cm³/mol. The van der Waals surface area contributed by atoms with Crippen LogP contribution in [0.25, 0.3) is 0 Å². The number of aryl methyl sites for hydroxylation is 1. The minimum absolute atomic E-state index is 0.0887. The first-order chi connectivity index (χ1) is 9.49. The molecule has 0 aliphatic rings. The van der Waals surface area contributed by atoms with E-state index in [1.807, 2.05) is 25.1 Å². The number of aromatic carboxylic acids is 1. The van der Waals surface area contributed by atoms with Gasteiger partial charge < -0.3 is 15.2 Å². The lowest BCUT2D eigenvalue weighted by atomic mass is 10.1. The molecule has 0 atom stereocenters. The predicted octanol–water partition coefficient (Wildman–Crippen LogP) is 2.22. The third-order valence-electron chi connectivity index (χ3n) is 2.84. The standard InChI is InChI=1S/C15H12INO3/c1-9-6-7-10(16)8-13(9)17-14(18)11-4-2-3-5-12(11)15(19)20/h2-8H,1H3,(H,17,18)(H,19,20)/p-1. The SMILES string of the molecule is Cc1ccc(I)cc1NC(=O)c1ccccc1C(=O)[O-]. The molecule has 0 unspecified atom stereocenters. The fraction of sp³-hybridized carbons (Fsp3) is 0.0667. The Balaban J connectivity index is 2.33. The van der Waals surface area contributed by atoms with Crippen molar-refractivity contribution in [2.45, 2.75) is 6.92 Å².